The van der Waals surface area contributed by atoms with E-state index in [2.05, 4.69) is 11.8 Å². The lowest BCUT2D eigenvalue weighted by Crippen LogP contribution is -2.31. The summed E-state index contributed by atoms with van der Waals surface area (Å²) in [4.78, 5) is 2.18. The van der Waals surface area contributed by atoms with Crippen molar-refractivity contribution in [2.75, 3.05) is 13.3 Å². The number of hydrogen-bond donors (Lipinski definition) is 1. The highest BCUT2D eigenvalue weighted by Crippen LogP contribution is 2.30. The Balaban J connectivity index is 2.33. The summed E-state index contributed by atoms with van der Waals surface area (Å²) < 4.78 is 5.58. The van der Waals surface area contributed by atoms with Crippen LogP contribution in [-0.4, -0.2) is 23.3 Å². The lowest BCUT2D eigenvalue weighted by atomic mass is 10.1. The molecule has 0 radical (unpaired) electrons. The first-order valence-electron chi connectivity index (χ1n) is 4.88. The van der Waals surface area contributed by atoms with Gasteiger partial charge >= 0.3 is 0 Å². The molecule has 1 aromatic rings. The van der Waals surface area contributed by atoms with Crippen LogP contribution in [0.3, 0.4) is 0 Å². The Morgan fingerprint density at radius 3 is 3.00 bits per heavy atom. The molecule has 2 rings (SSSR count). The number of phenols is 1. The van der Waals surface area contributed by atoms with Crippen molar-refractivity contribution in [3.8, 4) is 11.5 Å². The Bertz CT molecular complexity index is 349. The summed E-state index contributed by atoms with van der Waals surface area (Å²) in [6.07, 6.45) is 0. The first kappa shape index (κ1) is 9.34. The van der Waals surface area contributed by atoms with Crippen LogP contribution in [0.1, 0.15) is 18.1 Å². The van der Waals surface area contributed by atoms with Gasteiger partial charge in [0.05, 0.1) is 0 Å². The molecule has 0 unspecified atom stereocenters. The number of hydrogen-bond acceptors (Lipinski definition) is 3. The van der Waals surface area contributed by atoms with E-state index in [9.17, 15) is 5.11 Å². The molecule has 0 aromatic heterocycles. The largest absolute Gasteiger partial charge is 0.508 e. The topological polar surface area (TPSA) is 32.7 Å². The van der Waals surface area contributed by atoms with Gasteiger partial charge in [-0.1, -0.05) is 6.92 Å². The van der Waals surface area contributed by atoms with Gasteiger partial charge < -0.3 is 9.84 Å². The molecule has 0 bridgehead atoms. The second-order valence-corrected chi connectivity index (χ2v) is 3.67. The Morgan fingerprint density at radius 1 is 1.50 bits per heavy atom. The molecule has 1 N–H and O–H groups in total. The van der Waals surface area contributed by atoms with Gasteiger partial charge in [-0.15, -0.1) is 0 Å². The lowest BCUT2D eigenvalue weighted by Gasteiger charge is -2.28. The van der Waals surface area contributed by atoms with Crippen molar-refractivity contribution >= 4 is 0 Å². The van der Waals surface area contributed by atoms with Crippen molar-refractivity contribution in [1.29, 1.82) is 0 Å². The summed E-state index contributed by atoms with van der Waals surface area (Å²) in [5.74, 6) is 1.26. The molecular formula is C11H15NO2. The number of phenolic OH excluding ortho intramolecular Hbond substituents is 1. The van der Waals surface area contributed by atoms with Gasteiger partial charge in [-0.2, -0.15) is 0 Å². The van der Waals surface area contributed by atoms with Gasteiger partial charge in [0, 0.05) is 12.1 Å². The zero-order chi connectivity index (χ0) is 10.1. The van der Waals surface area contributed by atoms with Gasteiger partial charge in [-0.05, 0) is 31.2 Å². The molecule has 0 atom stereocenters. The highest BCUT2D eigenvalue weighted by atomic mass is 16.5. The molecule has 0 amide bonds. The van der Waals surface area contributed by atoms with Gasteiger partial charge in [-0.3, -0.25) is 4.90 Å². The number of benzene rings is 1. The molecular weight excluding hydrogens is 178 g/mol. The number of ether oxygens (including phenoxy) is 1. The normalized spacial score (nSPS) is 16.1. The van der Waals surface area contributed by atoms with Crippen LogP contribution in [0.25, 0.3) is 0 Å². The fourth-order valence-corrected chi connectivity index (χ4v) is 1.62. The molecule has 14 heavy (non-hydrogen) atoms. The SMILES string of the molecule is CCN1COc2cc(C)c(O)cc2C1. The number of aryl methyl sites for hydroxylation is 1. The summed E-state index contributed by atoms with van der Waals surface area (Å²) in [6, 6.07) is 3.70. The average molecular weight is 193 g/mol. The predicted molar refractivity (Wildman–Crippen MR) is 54.4 cm³/mol. The standard InChI is InChI=1S/C11H15NO2/c1-3-12-6-9-5-10(13)8(2)4-11(9)14-7-12/h4-5,13H,3,6-7H2,1-2H3. The Labute approximate surface area is 83.9 Å². The fraction of sp³-hybridized carbons (Fsp3) is 0.455. The van der Waals surface area contributed by atoms with Crippen molar-refractivity contribution in [3.63, 3.8) is 0 Å². The summed E-state index contributed by atoms with van der Waals surface area (Å²) in [5.41, 5.74) is 1.94. The third-order valence-electron chi connectivity index (χ3n) is 2.62. The lowest BCUT2D eigenvalue weighted by molar-refractivity contribution is 0.101. The Hall–Kier alpha value is -1.22. The number of fused-ring (bicyclic) bond motifs is 1. The minimum atomic E-state index is 0.352. The first-order valence-corrected chi connectivity index (χ1v) is 4.88. The maximum Gasteiger partial charge on any atom is 0.142 e. The highest BCUT2D eigenvalue weighted by molar-refractivity contribution is 5.45. The van der Waals surface area contributed by atoms with Gasteiger partial charge in [-0.25, -0.2) is 0 Å². The van der Waals surface area contributed by atoms with Crippen LogP contribution >= 0.6 is 0 Å². The van der Waals surface area contributed by atoms with Crippen molar-refractivity contribution in [1.82, 2.24) is 4.90 Å². The quantitative estimate of drug-likeness (QED) is 0.739. The molecule has 3 heteroatoms. The van der Waals surface area contributed by atoms with E-state index in [0.29, 0.717) is 12.5 Å². The van der Waals surface area contributed by atoms with E-state index in [-0.39, 0.29) is 0 Å². The molecule has 1 heterocycles. The third-order valence-corrected chi connectivity index (χ3v) is 2.62. The first-order chi connectivity index (χ1) is 6.70. The van der Waals surface area contributed by atoms with Crippen LogP contribution in [0.15, 0.2) is 12.1 Å². The van der Waals surface area contributed by atoms with Gasteiger partial charge in [0.1, 0.15) is 18.2 Å². The summed E-state index contributed by atoms with van der Waals surface area (Å²) in [7, 11) is 0. The smallest absolute Gasteiger partial charge is 0.142 e. The van der Waals surface area contributed by atoms with Gasteiger partial charge in [0.25, 0.3) is 0 Å². The maximum absolute atomic E-state index is 9.56. The molecule has 76 valence electrons. The van der Waals surface area contributed by atoms with Crippen LogP contribution < -0.4 is 4.74 Å². The second kappa shape index (κ2) is 3.50. The van der Waals surface area contributed by atoms with Crippen LogP contribution in [-0.2, 0) is 6.54 Å². The molecule has 0 aliphatic carbocycles. The van der Waals surface area contributed by atoms with Gasteiger partial charge in [0.15, 0.2) is 0 Å². The average Bonchev–Trinajstić information content (AvgIpc) is 2.19. The monoisotopic (exact) mass is 193 g/mol. The molecule has 1 aliphatic rings. The number of aromatic hydroxyl groups is 1. The molecule has 0 saturated heterocycles. The summed E-state index contributed by atoms with van der Waals surface area (Å²) in [6.45, 7) is 6.45. The van der Waals surface area contributed by atoms with Crippen molar-refractivity contribution in [3.05, 3.63) is 23.3 Å². The molecule has 3 nitrogen and oxygen atoms in total. The Morgan fingerprint density at radius 2 is 2.29 bits per heavy atom. The number of nitrogens with zero attached hydrogens (tertiary/aromatic N) is 1. The van der Waals surface area contributed by atoms with E-state index in [0.717, 1.165) is 30.0 Å². The molecule has 0 spiro atoms. The van der Waals surface area contributed by atoms with E-state index in [1.54, 1.807) is 6.07 Å². The van der Waals surface area contributed by atoms with E-state index in [1.165, 1.54) is 0 Å². The van der Waals surface area contributed by atoms with E-state index >= 15 is 0 Å². The molecule has 0 saturated carbocycles. The predicted octanol–water partition coefficient (Wildman–Crippen LogP) is 1.87. The maximum atomic E-state index is 9.56. The summed E-state index contributed by atoms with van der Waals surface area (Å²) in [5, 5.41) is 9.56. The molecule has 0 fully saturated rings. The van der Waals surface area contributed by atoms with Crippen LogP contribution in [0, 0.1) is 6.92 Å². The van der Waals surface area contributed by atoms with Crippen LogP contribution in [0.5, 0.6) is 11.5 Å². The van der Waals surface area contributed by atoms with E-state index < -0.39 is 0 Å². The van der Waals surface area contributed by atoms with Crippen molar-refractivity contribution < 1.29 is 9.84 Å². The minimum Gasteiger partial charge on any atom is -0.508 e. The zero-order valence-corrected chi connectivity index (χ0v) is 8.58. The molecule has 1 aromatic carbocycles. The van der Waals surface area contributed by atoms with Crippen LogP contribution in [0.4, 0.5) is 0 Å². The third kappa shape index (κ3) is 1.55. The van der Waals surface area contributed by atoms with E-state index in [1.807, 2.05) is 13.0 Å². The molecule has 1 aliphatic heterocycles. The van der Waals surface area contributed by atoms with E-state index in [4.69, 9.17) is 4.74 Å². The van der Waals surface area contributed by atoms with Crippen LogP contribution in [0.2, 0.25) is 0 Å². The number of rotatable bonds is 1. The summed E-state index contributed by atoms with van der Waals surface area (Å²) >= 11 is 0. The van der Waals surface area contributed by atoms with Crippen molar-refractivity contribution in [2.45, 2.75) is 20.4 Å². The van der Waals surface area contributed by atoms with Gasteiger partial charge in [0.2, 0.25) is 0 Å². The minimum absolute atomic E-state index is 0.352. The Kier molecular flexibility index (Phi) is 2.33. The highest BCUT2D eigenvalue weighted by Gasteiger charge is 2.17. The zero-order valence-electron chi connectivity index (χ0n) is 8.58. The van der Waals surface area contributed by atoms with Crippen molar-refractivity contribution in [2.24, 2.45) is 0 Å². The second-order valence-electron chi connectivity index (χ2n) is 3.67. The fourth-order valence-electron chi connectivity index (χ4n) is 1.62.